The van der Waals surface area contributed by atoms with Gasteiger partial charge in [-0.1, -0.05) is 23.2 Å². The summed E-state index contributed by atoms with van der Waals surface area (Å²) in [5.74, 6) is 1.40. The van der Waals surface area contributed by atoms with Crippen LogP contribution in [0.1, 0.15) is 5.56 Å². The molecule has 0 bridgehead atoms. The number of anilines is 1. The van der Waals surface area contributed by atoms with Crippen molar-refractivity contribution in [1.82, 2.24) is 0 Å². The predicted octanol–water partition coefficient (Wildman–Crippen LogP) is 4.46. The summed E-state index contributed by atoms with van der Waals surface area (Å²) in [4.78, 5) is 0. The molecule has 0 amide bonds. The van der Waals surface area contributed by atoms with Gasteiger partial charge in [0.1, 0.15) is 11.5 Å². The molecule has 0 saturated heterocycles. The van der Waals surface area contributed by atoms with E-state index in [2.05, 4.69) is 10.5 Å². The van der Waals surface area contributed by atoms with E-state index < -0.39 is 0 Å². The number of benzene rings is 2. The minimum atomic E-state index is 0.471. The second-order valence-corrected chi connectivity index (χ2v) is 4.92. The third kappa shape index (κ3) is 4.03. The highest BCUT2D eigenvalue weighted by Gasteiger charge is 2.03. The average molecular weight is 325 g/mol. The van der Waals surface area contributed by atoms with Crippen LogP contribution in [-0.2, 0) is 0 Å². The molecular weight excluding hydrogens is 311 g/mol. The molecule has 0 saturated carbocycles. The number of rotatable bonds is 5. The normalized spacial score (nSPS) is 10.7. The lowest BCUT2D eigenvalue weighted by molar-refractivity contribution is 0.394. The first-order valence-electron chi connectivity index (χ1n) is 6.10. The maximum atomic E-state index is 5.93. The van der Waals surface area contributed by atoms with Crippen LogP contribution in [0.15, 0.2) is 41.5 Å². The Kier molecular flexibility index (Phi) is 5.31. The lowest BCUT2D eigenvalue weighted by Crippen LogP contribution is -1.95. The first kappa shape index (κ1) is 15.5. The molecule has 0 aromatic heterocycles. The van der Waals surface area contributed by atoms with Crippen LogP contribution < -0.4 is 14.9 Å². The van der Waals surface area contributed by atoms with Crippen molar-refractivity contribution < 1.29 is 9.47 Å². The molecule has 2 aromatic rings. The predicted molar refractivity (Wildman–Crippen MR) is 87.2 cm³/mol. The molecule has 6 heteroatoms. The van der Waals surface area contributed by atoms with Crippen molar-refractivity contribution in [3.05, 3.63) is 52.0 Å². The smallest absolute Gasteiger partial charge is 0.131 e. The Labute approximate surface area is 133 Å². The number of nitrogens with zero attached hydrogens (tertiary/aromatic N) is 1. The summed E-state index contributed by atoms with van der Waals surface area (Å²) in [5, 5.41) is 5.12. The fourth-order valence-corrected chi connectivity index (χ4v) is 1.97. The largest absolute Gasteiger partial charge is 0.497 e. The molecule has 1 N–H and O–H groups in total. The van der Waals surface area contributed by atoms with Crippen molar-refractivity contribution >= 4 is 35.1 Å². The van der Waals surface area contributed by atoms with Gasteiger partial charge in [0.2, 0.25) is 0 Å². The number of hydrazone groups is 1. The maximum absolute atomic E-state index is 5.93. The summed E-state index contributed by atoms with van der Waals surface area (Å²) < 4.78 is 10.4. The molecule has 2 aromatic carbocycles. The van der Waals surface area contributed by atoms with E-state index in [1.54, 1.807) is 44.7 Å². The molecule has 110 valence electrons. The third-order valence-corrected chi connectivity index (χ3v) is 3.50. The van der Waals surface area contributed by atoms with Gasteiger partial charge in [0.25, 0.3) is 0 Å². The van der Waals surface area contributed by atoms with Gasteiger partial charge >= 0.3 is 0 Å². The molecule has 4 nitrogen and oxygen atoms in total. The quantitative estimate of drug-likeness (QED) is 0.652. The summed E-state index contributed by atoms with van der Waals surface area (Å²) in [6.45, 7) is 0. The molecule has 0 radical (unpaired) electrons. The third-order valence-electron chi connectivity index (χ3n) is 2.76. The molecule has 0 heterocycles. The zero-order valence-corrected chi connectivity index (χ0v) is 13.1. The monoisotopic (exact) mass is 324 g/mol. The van der Waals surface area contributed by atoms with Gasteiger partial charge in [-0.3, -0.25) is 5.43 Å². The van der Waals surface area contributed by atoms with E-state index in [9.17, 15) is 0 Å². The molecule has 0 aliphatic heterocycles. The van der Waals surface area contributed by atoms with Gasteiger partial charge in [-0.25, -0.2) is 0 Å². The summed E-state index contributed by atoms with van der Waals surface area (Å²) >= 11 is 11.8. The highest BCUT2D eigenvalue weighted by Crippen LogP contribution is 2.25. The molecular formula is C15H14Cl2N2O2. The number of ether oxygens (including phenoxy) is 2. The minimum absolute atomic E-state index is 0.471. The standard InChI is InChI=1S/C15H14Cl2N2O2/c1-20-12-5-3-10(15(8-12)21-2)9-18-19-11-4-6-13(16)14(17)7-11/h3-9,19H,1-2H3/b18-9+. The molecule has 0 atom stereocenters. The first-order chi connectivity index (χ1) is 10.1. The van der Waals surface area contributed by atoms with E-state index in [-0.39, 0.29) is 0 Å². The SMILES string of the molecule is COc1ccc(/C=N/Nc2ccc(Cl)c(Cl)c2)c(OC)c1. The fraction of sp³-hybridized carbons (Fsp3) is 0.133. The van der Waals surface area contributed by atoms with E-state index >= 15 is 0 Å². The van der Waals surface area contributed by atoms with Gasteiger partial charge in [-0.05, 0) is 30.3 Å². The van der Waals surface area contributed by atoms with Crippen LogP contribution in [0.4, 0.5) is 5.69 Å². The Balaban J connectivity index is 2.12. The van der Waals surface area contributed by atoms with E-state index in [0.717, 1.165) is 17.0 Å². The Morgan fingerprint density at radius 2 is 1.81 bits per heavy atom. The fourth-order valence-electron chi connectivity index (χ4n) is 1.67. The Hall–Kier alpha value is -1.91. The molecule has 0 aliphatic carbocycles. The Morgan fingerprint density at radius 1 is 1.00 bits per heavy atom. The minimum Gasteiger partial charge on any atom is -0.497 e. The van der Waals surface area contributed by atoms with E-state index in [4.69, 9.17) is 32.7 Å². The number of nitrogens with one attached hydrogen (secondary N) is 1. The lowest BCUT2D eigenvalue weighted by atomic mass is 10.2. The zero-order valence-electron chi connectivity index (χ0n) is 11.6. The molecule has 0 spiro atoms. The lowest BCUT2D eigenvalue weighted by Gasteiger charge is -2.07. The average Bonchev–Trinajstić information content (AvgIpc) is 2.51. The molecule has 0 fully saturated rings. The van der Waals surface area contributed by atoms with Crippen LogP contribution in [-0.4, -0.2) is 20.4 Å². The van der Waals surface area contributed by atoms with Gasteiger partial charge in [0, 0.05) is 11.6 Å². The number of halogens is 2. The van der Waals surface area contributed by atoms with E-state index in [1.807, 2.05) is 12.1 Å². The maximum Gasteiger partial charge on any atom is 0.131 e. The van der Waals surface area contributed by atoms with Gasteiger partial charge < -0.3 is 9.47 Å². The number of hydrogen-bond acceptors (Lipinski definition) is 4. The van der Waals surface area contributed by atoms with Crippen LogP contribution in [0, 0.1) is 0 Å². The molecule has 0 aliphatic rings. The second-order valence-electron chi connectivity index (χ2n) is 4.11. The van der Waals surface area contributed by atoms with Crippen molar-refractivity contribution in [2.75, 3.05) is 19.6 Å². The summed E-state index contributed by atoms with van der Waals surface area (Å²) in [7, 11) is 3.20. The van der Waals surface area contributed by atoms with Crippen molar-refractivity contribution in [2.45, 2.75) is 0 Å². The van der Waals surface area contributed by atoms with Gasteiger partial charge in [-0.2, -0.15) is 5.10 Å². The van der Waals surface area contributed by atoms with Gasteiger partial charge in [-0.15, -0.1) is 0 Å². The first-order valence-corrected chi connectivity index (χ1v) is 6.86. The van der Waals surface area contributed by atoms with E-state index in [0.29, 0.717) is 15.8 Å². The summed E-state index contributed by atoms with van der Waals surface area (Å²) in [6.07, 6.45) is 1.65. The highest BCUT2D eigenvalue weighted by molar-refractivity contribution is 6.42. The topological polar surface area (TPSA) is 42.8 Å². The molecule has 21 heavy (non-hydrogen) atoms. The molecule has 2 rings (SSSR count). The van der Waals surface area contributed by atoms with Crippen molar-refractivity contribution in [2.24, 2.45) is 5.10 Å². The van der Waals surface area contributed by atoms with Crippen LogP contribution in [0.5, 0.6) is 11.5 Å². The summed E-state index contributed by atoms with van der Waals surface area (Å²) in [5.41, 5.74) is 4.45. The van der Waals surface area contributed by atoms with Crippen LogP contribution in [0.3, 0.4) is 0 Å². The number of methoxy groups -OCH3 is 2. The van der Waals surface area contributed by atoms with Gasteiger partial charge in [0.15, 0.2) is 0 Å². The van der Waals surface area contributed by atoms with Crippen molar-refractivity contribution in [1.29, 1.82) is 0 Å². The summed E-state index contributed by atoms with van der Waals surface area (Å²) in [6, 6.07) is 10.7. The van der Waals surface area contributed by atoms with Gasteiger partial charge in [0.05, 0.1) is 36.2 Å². The van der Waals surface area contributed by atoms with Crippen LogP contribution >= 0.6 is 23.2 Å². The highest BCUT2D eigenvalue weighted by atomic mass is 35.5. The van der Waals surface area contributed by atoms with Crippen molar-refractivity contribution in [3.8, 4) is 11.5 Å². The van der Waals surface area contributed by atoms with E-state index in [1.165, 1.54) is 0 Å². The second kappa shape index (κ2) is 7.20. The Bertz CT molecular complexity index is 660. The van der Waals surface area contributed by atoms with Crippen LogP contribution in [0.25, 0.3) is 0 Å². The Morgan fingerprint density at radius 3 is 2.48 bits per heavy atom. The zero-order chi connectivity index (χ0) is 15.2. The number of hydrogen-bond donors (Lipinski definition) is 1. The van der Waals surface area contributed by atoms with Crippen LogP contribution in [0.2, 0.25) is 10.0 Å². The molecule has 0 unspecified atom stereocenters. The van der Waals surface area contributed by atoms with Crippen molar-refractivity contribution in [3.63, 3.8) is 0 Å².